The van der Waals surface area contributed by atoms with Gasteiger partial charge in [0.2, 0.25) is 12.0 Å². The Morgan fingerprint density at radius 2 is 1.50 bits per heavy atom. The third kappa shape index (κ3) is 10.1. The van der Waals surface area contributed by atoms with Crippen LogP contribution in [0.3, 0.4) is 0 Å². The lowest BCUT2D eigenvalue weighted by molar-refractivity contribution is -0.144. The maximum atomic E-state index is 14.4. The number of fused-ring (bicyclic) bond motifs is 1. The highest BCUT2D eigenvalue weighted by molar-refractivity contribution is 6.31. The summed E-state index contributed by atoms with van der Waals surface area (Å²) in [6, 6.07) is 18.4. The number of anilines is 1. The fraction of sp³-hybridized carbons (Fsp3) is 0.405. The van der Waals surface area contributed by atoms with Crippen LogP contribution in [0.15, 0.2) is 88.1 Å². The van der Waals surface area contributed by atoms with Crippen LogP contribution in [0.25, 0.3) is 11.0 Å². The first-order valence-corrected chi connectivity index (χ1v) is 19.2. The van der Waals surface area contributed by atoms with E-state index in [4.69, 9.17) is 25.5 Å². The molecule has 2 atom stereocenters. The van der Waals surface area contributed by atoms with Gasteiger partial charge in [-0.25, -0.2) is 14.5 Å². The van der Waals surface area contributed by atoms with Crippen LogP contribution >= 0.6 is 11.6 Å². The summed E-state index contributed by atoms with van der Waals surface area (Å²) in [5.74, 6) is -2.81. The fourth-order valence-electron chi connectivity index (χ4n) is 6.51. The molecule has 0 spiro atoms. The molecular weight excluding hydrogens is 710 g/mol. The van der Waals surface area contributed by atoms with E-state index in [0.717, 1.165) is 24.2 Å². The van der Waals surface area contributed by atoms with Crippen molar-refractivity contribution in [3.05, 3.63) is 105 Å². The average molecular weight is 758 g/mol. The van der Waals surface area contributed by atoms with E-state index in [9.17, 15) is 24.0 Å². The number of carbonyl (C=O) groups excluding carboxylic acids is 4. The number of halogens is 1. The molecule has 11 nitrogen and oxygen atoms in total. The predicted molar refractivity (Wildman–Crippen MR) is 208 cm³/mol. The molecule has 1 aliphatic heterocycles. The van der Waals surface area contributed by atoms with Gasteiger partial charge in [-0.3, -0.25) is 19.3 Å². The van der Waals surface area contributed by atoms with Crippen molar-refractivity contribution in [1.29, 1.82) is 0 Å². The van der Waals surface area contributed by atoms with E-state index >= 15 is 0 Å². The normalized spacial score (nSPS) is 14.8. The van der Waals surface area contributed by atoms with Crippen LogP contribution in [0.1, 0.15) is 94.0 Å². The largest absolute Gasteiger partial charge is 0.491 e. The SMILES string of the molecule is CCCCCCCCCCCCOc1ccc(Cl)cc1NC(=O)C(C(=O)c1cc2ccccc2oc1=O)N1C(=O)C(OCC)N(Cc2ccccc2)C1=O. The van der Waals surface area contributed by atoms with Crippen LogP contribution in [-0.2, 0) is 20.9 Å². The highest BCUT2D eigenvalue weighted by atomic mass is 35.5. The van der Waals surface area contributed by atoms with Gasteiger partial charge in [0.25, 0.3) is 11.8 Å². The van der Waals surface area contributed by atoms with Gasteiger partial charge in [0.05, 0.1) is 18.8 Å². The van der Waals surface area contributed by atoms with E-state index in [2.05, 4.69) is 12.2 Å². The number of amides is 4. The number of Topliss-reactive ketones (excluding diaryl/α,β-unsaturated/α-hetero) is 1. The molecule has 4 amide bonds. The standard InChI is InChI=1S/C42H48ClN3O8/c1-3-5-6-7-8-9-10-11-12-18-25-53-35-24-23-31(43)27-33(35)44-38(48)36(37(47)32-26-30-21-16-17-22-34(30)54-41(32)50)46-39(49)40(52-4-2)45(42(46)51)28-29-19-14-13-15-20-29/h13-17,19-24,26-27,36,40H,3-12,18,25,28H2,1-2H3,(H,44,48). The summed E-state index contributed by atoms with van der Waals surface area (Å²) >= 11 is 6.34. The Balaban J connectivity index is 1.39. The Kier molecular flexibility index (Phi) is 14.8. The molecule has 12 heteroatoms. The first kappa shape index (κ1) is 40.2. The lowest BCUT2D eigenvalue weighted by atomic mass is 10.0. The van der Waals surface area contributed by atoms with Crippen molar-refractivity contribution in [2.75, 3.05) is 18.5 Å². The highest BCUT2D eigenvalue weighted by Crippen LogP contribution is 2.31. The van der Waals surface area contributed by atoms with Crippen molar-refractivity contribution >= 4 is 51.9 Å². The molecule has 0 bridgehead atoms. The number of carbonyl (C=O) groups is 4. The molecule has 4 aromatic rings. The summed E-state index contributed by atoms with van der Waals surface area (Å²) in [4.78, 5) is 71.9. The summed E-state index contributed by atoms with van der Waals surface area (Å²) in [6.07, 6.45) is 10.2. The zero-order chi connectivity index (χ0) is 38.5. The molecule has 54 heavy (non-hydrogen) atoms. The topological polar surface area (TPSA) is 135 Å². The van der Waals surface area contributed by atoms with Crippen molar-refractivity contribution in [2.45, 2.75) is 96.9 Å². The molecule has 3 aromatic carbocycles. The average Bonchev–Trinajstić information content (AvgIpc) is 3.38. The van der Waals surface area contributed by atoms with Gasteiger partial charge in [0.15, 0.2) is 6.04 Å². The summed E-state index contributed by atoms with van der Waals surface area (Å²) in [6.45, 7) is 4.26. The maximum absolute atomic E-state index is 14.4. The number of ketones is 1. The van der Waals surface area contributed by atoms with Crippen molar-refractivity contribution in [3.8, 4) is 5.75 Å². The fourth-order valence-corrected chi connectivity index (χ4v) is 6.68. The lowest BCUT2D eigenvalue weighted by Crippen LogP contribution is -2.53. The number of ether oxygens (including phenoxy) is 2. The Bertz CT molecular complexity index is 1970. The number of para-hydroxylation sites is 1. The van der Waals surface area contributed by atoms with Crippen LogP contribution in [-0.4, -0.2) is 58.9 Å². The number of nitrogens with zero attached hydrogens (tertiary/aromatic N) is 2. The van der Waals surface area contributed by atoms with E-state index in [-0.39, 0.29) is 35.2 Å². The molecule has 1 aromatic heterocycles. The molecule has 2 unspecified atom stereocenters. The van der Waals surface area contributed by atoms with Gasteiger partial charge in [-0.15, -0.1) is 0 Å². The number of nitrogens with one attached hydrogen (secondary N) is 1. The van der Waals surface area contributed by atoms with Crippen LogP contribution < -0.4 is 15.7 Å². The zero-order valence-corrected chi connectivity index (χ0v) is 31.6. The zero-order valence-electron chi connectivity index (χ0n) is 30.9. The van der Waals surface area contributed by atoms with E-state index < -0.39 is 47.1 Å². The summed E-state index contributed by atoms with van der Waals surface area (Å²) < 4.78 is 17.2. The smallest absolute Gasteiger partial charge is 0.347 e. The molecule has 286 valence electrons. The van der Waals surface area contributed by atoms with Crippen molar-refractivity contribution in [2.24, 2.45) is 0 Å². The molecule has 0 saturated carbocycles. The first-order chi connectivity index (χ1) is 26.2. The number of urea groups is 1. The number of hydrogen-bond acceptors (Lipinski definition) is 8. The summed E-state index contributed by atoms with van der Waals surface area (Å²) in [5, 5.41) is 3.35. The van der Waals surface area contributed by atoms with E-state index in [1.807, 2.05) is 6.07 Å². The van der Waals surface area contributed by atoms with Crippen LogP contribution in [0, 0.1) is 0 Å². The van der Waals surface area contributed by atoms with Crippen LogP contribution in [0.5, 0.6) is 5.75 Å². The number of unbranched alkanes of at least 4 members (excludes halogenated alkanes) is 9. The molecular formula is C42H48ClN3O8. The number of imide groups is 1. The molecule has 2 heterocycles. The third-order valence-corrected chi connectivity index (χ3v) is 9.56. The summed E-state index contributed by atoms with van der Waals surface area (Å²) in [7, 11) is 0. The second-order valence-corrected chi connectivity index (χ2v) is 13.8. The second-order valence-electron chi connectivity index (χ2n) is 13.3. The van der Waals surface area contributed by atoms with E-state index in [1.54, 1.807) is 67.6 Å². The van der Waals surface area contributed by atoms with Gasteiger partial charge in [-0.1, -0.05) is 125 Å². The quantitative estimate of drug-likeness (QED) is 0.0293. The number of hydrogen-bond donors (Lipinski definition) is 1. The molecule has 1 aliphatic rings. The summed E-state index contributed by atoms with van der Waals surface area (Å²) in [5.41, 5.74) is -0.490. The minimum atomic E-state index is -2.12. The predicted octanol–water partition coefficient (Wildman–Crippen LogP) is 8.76. The second kappa shape index (κ2) is 19.9. The van der Waals surface area contributed by atoms with Gasteiger partial charge in [-0.05, 0) is 49.2 Å². The van der Waals surface area contributed by atoms with Crippen molar-refractivity contribution in [3.63, 3.8) is 0 Å². The third-order valence-electron chi connectivity index (χ3n) is 9.32. The molecule has 1 N–H and O–H groups in total. The Labute approximate surface area is 320 Å². The Morgan fingerprint density at radius 1 is 0.833 bits per heavy atom. The minimum absolute atomic E-state index is 0.0432. The van der Waals surface area contributed by atoms with Crippen molar-refractivity contribution in [1.82, 2.24) is 9.80 Å². The van der Waals surface area contributed by atoms with E-state index in [0.29, 0.717) is 22.5 Å². The Morgan fingerprint density at radius 3 is 2.20 bits per heavy atom. The molecule has 1 saturated heterocycles. The number of benzene rings is 3. The lowest BCUT2D eigenvalue weighted by Gasteiger charge is -2.25. The van der Waals surface area contributed by atoms with E-state index in [1.165, 1.54) is 57.1 Å². The number of rotatable bonds is 21. The van der Waals surface area contributed by atoms with Crippen LogP contribution in [0.4, 0.5) is 10.5 Å². The molecule has 0 radical (unpaired) electrons. The Hall–Kier alpha value is -5.00. The monoisotopic (exact) mass is 757 g/mol. The van der Waals surface area contributed by atoms with Gasteiger partial charge >= 0.3 is 11.7 Å². The highest BCUT2D eigenvalue weighted by Gasteiger charge is 2.53. The van der Waals surface area contributed by atoms with Gasteiger partial charge in [0.1, 0.15) is 16.9 Å². The minimum Gasteiger partial charge on any atom is -0.491 e. The maximum Gasteiger partial charge on any atom is 0.347 e. The molecule has 1 fully saturated rings. The van der Waals surface area contributed by atoms with Gasteiger partial charge in [-0.2, -0.15) is 0 Å². The first-order valence-electron chi connectivity index (χ1n) is 18.8. The van der Waals surface area contributed by atoms with Crippen LogP contribution in [0.2, 0.25) is 5.02 Å². The molecule has 0 aliphatic carbocycles. The molecule has 5 rings (SSSR count). The van der Waals surface area contributed by atoms with Crippen molar-refractivity contribution < 1.29 is 33.1 Å². The van der Waals surface area contributed by atoms with Gasteiger partial charge < -0.3 is 19.2 Å². The van der Waals surface area contributed by atoms with Gasteiger partial charge in [0, 0.05) is 17.0 Å².